The van der Waals surface area contributed by atoms with Crippen LogP contribution in [0.5, 0.6) is 5.75 Å². The zero-order chi connectivity index (χ0) is 23.7. The fourth-order valence-electron chi connectivity index (χ4n) is 3.37. The van der Waals surface area contributed by atoms with E-state index in [4.69, 9.17) is 11.6 Å². The minimum atomic E-state index is -5.10. The van der Waals surface area contributed by atoms with Gasteiger partial charge in [0.2, 0.25) is 0 Å². The smallest absolute Gasteiger partial charge is 0.420 e. The molecule has 2 aromatic carbocycles. The molecule has 0 bridgehead atoms. The number of hydrogen-bond acceptors (Lipinski definition) is 5. The van der Waals surface area contributed by atoms with Gasteiger partial charge in [-0.05, 0) is 43.0 Å². The zero-order valence-electron chi connectivity index (χ0n) is 17.2. The Labute approximate surface area is 191 Å². The van der Waals surface area contributed by atoms with Gasteiger partial charge < -0.3 is 15.5 Å². The molecule has 0 radical (unpaired) electrons. The van der Waals surface area contributed by atoms with Crippen LogP contribution in [-0.2, 0) is 0 Å². The molecule has 3 rings (SSSR count). The first-order valence-electron chi connectivity index (χ1n) is 9.66. The van der Waals surface area contributed by atoms with Gasteiger partial charge in [0.25, 0.3) is 0 Å². The number of fused-ring (bicyclic) bond motifs is 1. The summed E-state index contributed by atoms with van der Waals surface area (Å²) in [5.41, 5.74) is -2.33. The van der Waals surface area contributed by atoms with Crippen molar-refractivity contribution in [3.63, 3.8) is 0 Å². The van der Waals surface area contributed by atoms with Crippen LogP contribution < -0.4 is 5.32 Å². The van der Waals surface area contributed by atoms with E-state index in [2.05, 4.69) is 10.3 Å². The molecule has 2 unspecified atom stereocenters. The van der Waals surface area contributed by atoms with Gasteiger partial charge in [0.05, 0.1) is 16.6 Å². The zero-order valence-corrected chi connectivity index (χ0v) is 18.7. The van der Waals surface area contributed by atoms with Crippen LogP contribution in [0.1, 0.15) is 24.2 Å². The van der Waals surface area contributed by atoms with Crippen LogP contribution in [0.25, 0.3) is 10.9 Å². The van der Waals surface area contributed by atoms with Crippen molar-refractivity contribution >= 4 is 40.0 Å². The van der Waals surface area contributed by atoms with Gasteiger partial charge in [-0.1, -0.05) is 30.7 Å². The van der Waals surface area contributed by atoms with Crippen molar-refractivity contribution < 1.29 is 27.8 Å². The maximum absolute atomic E-state index is 14.3. The summed E-state index contributed by atoms with van der Waals surface area (Å²) in [5.74, 6) is -2.76. The Bertz CT molecular complexity index is 1130. The molecular formula is C22H21ClF4N2O2S. The highest BCUT2D eigenvalue weighted by atomic mass is 35.5. The van der Waals surface area contributed by atoms with Crippen molar-refractivity contribution in [1.29, 1.82) is 0 Å². The van der Waals surface area contributed by atoms with Crippen LogP contribution in [-0.4, -0.2) is 38.5 Å². The molecule has 0 spiro atoms. The van der Waals surface area contributed by atoms with E-state index in [-0.39, 0.29) is 5.69 Å². The average molecular weight is 489 g/mol. The second-order valence-electron chi connectivity index (χ2n) is 7.26. The first-order chi connectivity index (χ1) is 15.0. The lowest BCUT2D eigenvalue weighted by Gasteiger charge is -2.39. The summed E-state index contributed by atoms with van der Waals surface area (Å²) >= 11 is 6.55. The van der Waals surface area contributed by atoms with E-state index in [0.717, 1.165) is 29.6 Å². The molecular weight excluding hydrogens is 468 g/mol. The summed E-state index contributed by atoms with van der Waals surface area (Å²) in [4.78, 5) is 4.36. The Hall–Kier alpha value is -2.23. The Kier molecular flexibility index (Phi) is 7.12. The first-order valence-corrected chi connectivity index (χ1v) is 11.2. The molecule has 0 aliphatic carbocycles. The number of pyridine rings is 1. The van der Waals surface area contributed by atoms with Crippen molar-refractivity contribution in [3.8, 4) is 5.75 Å². The first kappa shape index (κ1) is 24.4. The van der Waals surface area contributed by atoms with E-state index in [0.29, 0.717) is 16.7 Å². The van der Waals surface area contributed by atoms with E-state index >= 15 is 0 Å². The van der Waals surface area contributed by atoms with E-state index in [1.54, 1.807) is 38.1 Å². The fourth-order valence-corrected chi connectivity index (χ4v) is 4.37. The number of aromatic hydroxyl groups is 1. The largest absolute Gasteiger partial charge is 0.505 e. The number of aryl methyl sites for hydroxylation is 1. The van der Waals surface area contributed by atoms with Gasteiger partial charge in [0.1, 0.15) is 0 Å². The number of rotatable bonds is 7. The van der Waals surface area contributed by atoms with Crippen LogP contribution in [0.15, 0.2) is 42.5 Å². The second kappa shape index (κ2) is 9.33. The molecule has 0 fully saturated rings. The third-order valence-corrected chi connectivity index (χ3v) is 6.42. The van der Waals surface area contributed by atoms with Gasteiger partial charge in [-0.15, -0.1) is 0 Å². The normalized spacial score (nSPS) is 14.9. The third kappa shape index (κ3) is 4.60. The molecule has 1 aromatic heterocycles. The summed E-state index contributed by atoms with van der Waals surface area (Å²) in [6, 6.07) is 8.38. The maximum atomic E-state index is 14.3. The minimum absolute atomic E-state index is 0.235. The van der Waals surface area contributed by atoms with Gasteiger partial charge in [-0.2, -0.15) is 24.9 Å². The van der Waals surface area contributed by atoms with Gasteiger partial charge in [0, 0.05) is 28.1 Å². The van der Waals surface area contributed by atoms with Crippen molar-refractivity contribution in [1.82, 2.24) is 4.98 Å². The number of nitrogens with zero attached hydrogens (tertiary/aromatic N) is 1. The molecule has 10 heteroatoms. The molecule has 0 aliphatic rings. The number of hydrogen-bond donors (Lipinski definition) is 3. The highest BCUT2D eigenvalue weighted by Gasteiger charge is 2.59. The lowest BCUT2D eigenvalue weighted by atomic mass is 9.88. The standard InChI is InChI=1S/C22H21ClF4N2O2S/c1-3-32-11-21(31,22(25,26)27)20(14-9-10-15(23)18(24)19(14)30)29-17-6-4-5-16-13(17)8-7-12(2)28-16/h4-10,20,29-31H,3,11H2,1-2H3. The minimum Gasteiger partial charge on any atom is -0.505 e. The summed E-state index contributed by atoms with van der Waals surface area (Å²) in [7, 11) is 0. The van der Waals surface area contributed by atoms with Gasteiger partial charge in [-0.3, -0.25) is 4.98 Å². The summed E-state index contributed by atoms with van der Waals surface area (Å²) in [6.45, 7) is 3.43. The van der Waals surface area contributed by atoms with Crippen LogP contribution in [0.4, 0.5) is 23.2 Å². The number of aliphatic hydroxyl groups is 1. The average Bonchev–Trinajstić information content (AvgIpc) is 2.73. The van der Waals surface area contributed by atoms with E-state index in [9.17, 15) is 27.8 Å². The van der Waals surface area contributed by atoms with Crippen LogP contribution in [0.3, 0.4) is 0 Å². The highest BCUT2D eigenvalue weighted by molar-refractivity contribution is 7.99. The number of phenolic OH excluding ortho intramolecular Hbond substituents is 1. The Morgan fingerprint density at radius 3 is 2.53 bits per heavy atom. The molecule has 32 heavy (non-hydrogen) atoms. The molecule has 4 nitrogen and oxygen atoms in total. The van der Waals surface area contributed by atoms with Gasteiger partial charge in [-0.25, -0.2) is 4.39 Å². The number of phenols is 1. The lowest BCUT2D eigenvalue weighted by Crippen LogP contribution is -2.54. The summed E-state index contributed by atoms with van der Waals surface area (Å²) < 4.78 is 57.0. The van der Waals surface area contributed by atoms with Crippen LogP contribution >= 0.6 is 23.4 Å². The maximum Gasteiger partial charge on any atom is 0.420 e. The molecule has 0 saturated heterocycles. The van der Waals surface area contributed by atoms with Crippen molar-refractivity contribution in [2.75, 3.05) is 16.8 Å². The van der Waals surface area contributed by atoms with Gasteiger partial charge in [0.15, 0.2) is 17.2 Å². The topological polar surface area (TPSA) is 65.4 Å². The Morgan fingerprint density at radius 1 is 1.16 bits per heavy atom. The monoisotopic (exact) mass is 488 g/mol. The molecule has 0 saturated carbocycles. The number of halogens is 5. The molecule has 172 valence electrons. The van der Waals surface area contributed by atoms with Crippen LogP contribution in [0.2, 0.25) is 5.02 Å². The Morgan fingerprint density at radius 2 is 1.88 bits per heavy atom. The molecule has 0 amide bonds. The number of thioether (sulfide) groups is 1. The van der Waals surface area contributed by atoms with Gasteiger partial charge >= 0.3 is 6.18 Å². The second-order valence-corrected chi connectivity index (χ2v) is 8.94. The molecule has 1 heterocycles. The lowest BCUT2D eigenvalue weighted by molar-refractivity contribution is -0.256. The summed E-state index contributed by atoms with van der Waals surface area (Å²) in [5, 5.41) is 24.1. The molecule has 2 atom stereocenters. The Balaban J connectivity index is 2.23. The van der Waals surface area contributed by atoms with Crippen molar-refractivity contribution in [2.45, 2.75) is 31.7 Å². The predicted octanol–water partition coefficient (Wildman–Crippen LogP) is 6.24. The third-order valence-electron chi connectivity index (χ3n) is 5.08. The predicted molar refractivity (Wildman–Crippen MR) is 120 cm³/mol. The van der Waals surface area contributed by atoms with E-state index in [1.165, 1.54) is 6.07 Å². The van der Waals surface area contributed by atoms with E-state index in [1.807, 2.05) is 0 Å². The quantitative estimate of drug-likeness (QED) is 0.343. The SMILES string of the molecule is CCSCC(O)(C(Nc1cccc2nc(C)ccc12)c1ccc(Cl)c(F)c1O)C(F)(F)F. The van der Waals surface area contributed by atoms with E-state index < -0.39 is 45.7 Å². The molecule has 0 aliphatic heterocycles. The van der Waals surface area contributed by atoms with Crippen LogP contribution in [0, 0.1) is 12.7 Å². The fraction of sp³-hybridized carbons (Fsp3) is 0.318. The molecule has 3 aromatic rings. The number of anilines is 1. The van der Waals surface area contributed by atoms with Crippen molar-refractivity contribution in [2.24, 2.45) is 0 Å². The molecule has 3 N–H and O–H groups in total. The highest BCUT2D eigenvalue weighted by Crippen LogP contribution is 2.47. The number of aromatic nitrogens is 1. The summed E-state index contributed by atoms with van der Waals surface area (Å²) in [6.07, 6.45) is -5.10. The van der Waals surface area contributed by atoms with Crippen molar-refractivity contribution in [3.05, 3.63) is 64.6 Å². The number of alkyl halides is 3. The number of benzene rings is 2. The number of nitrogens with one attached hydrogen (secondary N) is 1.